The first-order valence-electron chi connectivity index (χ1n) is 11.7. The van der Waals surface area contributed by atoms with Gasteiger partial charge in [0.15, 0.2) is 0 Å². The van der Waals surface area contributed by atoms with Crippen LogP contribution in [0.3, 0.4) is 0 Å². The molecule has 2 saturated carbocycles. The molecular formula is C23H43ClN4. The van der Waals surface area contributed by atoms with Gasteiger partial charge < -0.3 is 0 Å². The highest BCUT2D eigenvalue weighted by Crippen LogP contribution is 2.48. The number of halogens is 1. The van der Waals surface area contributed by atoms with E-state index in [1.807, 2.05) is 0 Å². The Hall–Kier alpha value is 0.130. The van der Waals surface area contributed by atoms with E-state index in [9.17, 15) is 0 Å². The minimum Gasteiger partial charge on any atom is -0.295 e. The molecule has 4 rings (SSSR count). The highest BCUT2D eigenvalue weighted by molar-refractivity contribution is 6.20. The number of alkyl halides is 1. The maximum absolute atomic E-state index is 6.68. The van der Waals surface area contributed by atoms with Gasteiger partial charge in [-0.2, -0.15) is 0 Å². The van der Waals surface area contributed by atoms with Crippen molar-refractivity contribution in [3.63, 3.8) is 0 Å². The van der Waals surface area contributed by atoms with Gasteiger partial charge in [-0.1, -0.05) is 40.5 Å². The summed E-state index contributed by atoms with van der Waals surface area (Å²) in [6, 6.07) is 2.00. The Morgan fingerprint density at radius 1 is 0.857 bits per heavy atom. The lowest BCUT2D eigenvalue weighted by molar-refractivity contribution is -0.0210. The Kier molecular flexibility index (Phi) is 5.62. The molecule has 0 bridgehead atoms. The van der Waals surface area contributed by atoms with Gasteiger partial charge in [0, 0.05) is 42.5 Å². The molecule has 0 aromatic carbocycles. The lowest BCUT2D eigenvalue weighted by Crippen LogP contribution is -2.61. The topological polar surface area (TPSA) is 21.8 Å². The smallest absolute Gasteiger partial charge is 0.0836 e. The number of hydrazine groups is 1. The van der Waals surface area contributed by atoms with Crippen molar-refractivity contribution in [3.05, 3.63) is 0 Å². The molecule has 28 heavy (non-hydrogen) atoms. The van der Waals surface area contributed by atoms with Crippen LogP contribution in [0.2, 0.25) is 0 Å². The molecule has 2 saturated heterocycles. The monoisotopic (exact) mass is 410 g/mol. The fourth-order valence-electron chi connectivity index (χ4n) is 7.38. The van der Waals surface area contributed by atoms with Crippen LogP contribution in [0.5, 0.6) is 0 Å². The van der Waals surface area contributed by atoms with Crippen LogP contribution < -0.4 is 5.43 Å². The Morgan fingerprint density at radius 3 is 2.18 bits per heavy atom. The van der Waals surface area contributed by atoms with E-state index in [1.165, 1.54) is 45.1 Å². The summed E-state index contributed by atoms with van der Waals surface area (Å²) < 4.78 is 0. The summed E-state index contributed by atoms with van der Waals surface area (Å²) in [6.45, 7) is 15.8. The molecule has 0 aromatic rings. The van der Waals surface area contributed by atoms with E-state index in [-0.39, 0.29) is 11.1 Å². The molecule has 4 aliphatic rings. The average Bonchev–Trinajstić information content (AvgIpc) is 2.80. The number of hydrogen-bond donors (Lipinski definition) is 1. The quantitative estimate of drug-likeness (QED) is 0.642. The van der Waals surface area contributed by atoms with Crippen molar-refractivity contribution in [2.24, 2.45) is 17.3 Å². The van der Waals surface area contributed by atoms with E-state index >= 15 is 0 Å². The maximum Gasteiger partial charge on any atom is 0.0836 e. The summed E-state index contributed by atoms with van der Waals surface area (Å²) in [7, 11) is 2.26. The zero-order chi connectivity index (χ0) is 20.4. The molecule has 0 amide bonds. The molecule has 0 radical (unpaired) electrons. The van der Waals surface area contributed by atoms with Gasteiger partial charge in [0.05, 0.1) is 11.8 Å². The second-order valence-corrected chi connectivity index (χ2v) is 12.1. The van der Waals surface area contributed by atoms with Crippen molar-refractivity contribution in [3.8, 4) is 0 Å². The third-order valence-electron chi connectivity index (χ3n) is 8.66. The summed E-state index contributed by atoms with van der Waals surface area (Å²) in [6.07, 6.45) is 8.32. The van der Waals surface area contributed by atoms with Gasteiger partial charge in [-0.05, 0) is 51.4 Å². The molecule has 0 aromatic heterocycles. The number of rotatable bonds is 1. The Labute approximate surface area is 178 Å². The van der Waals surface area contributed by atoms with Crippen LogP contribution in [0.4, 0.5) is 0 Å². The fourth-order valence-corrected chi connectivity index (χ4v) is 7.73. The van der Waals surface area contributed by atoms with Gasteiger partial charge in [-0.15, -0.1) is 11.6 Å². The molecule has 7 unspecified atom stereocenters. The molecule has 1 N–H and O–H groups in total. The molecule has 2 heterocycles. The second-order valence-electron chi connectivity index (χ2n) is 11.5. The SMILES string of the molecule is CC1C(Cl)CCC(N2CC(C)(C)C3N(C)NC(C)(C)N3C3CCCCC32)C1C. The standard InChI is InChI=1S/C23H43ClN4/c1-15-16(2)18(13-12-17(15)24)27-14-22(3,4)21-26(7)25-23(5,6)28(21)20-11-9-8-10-19(20)27/h15-21,25H,8-14H2,1-7H3. The number of nitrogens with one attached hydrogen (secondary N) is 1. The summed E-state index contributed by atoms with van der Waals surface area (Å²) in [5.41, 5.74) is 4.01. The molecule has 2 aliphatic heterocycles. The minimum atomic E-state index is 0.0136. The summed E-state index contributed by atoms with van der Waals surface area (Å²) in [4.78, 5) is 5.84. The van der Waals surface area contributed by atoms with Crippen LogP contribution in [0.1, 0.15) is 80.1 Å². The highest BCUT2D eigenvalue weighted by Gasteiger charge is 2.58. The van der Waals surface area contributed by atoms with Gasteiger partial charge in [0.25, 0.3) is 0 Å². The van der Waals surface area contributed by atoms with Crippen LogP contribution >= 0.6 is 11.6 Å². The minimum absolute atomic E-state index is 0.0136. The zero-order valence-corrected chi connectivity index (χ0v) is 20.0. The number of fused-ring (bicyclic) bond motifs is 3. The maximum atomic E-state index is 6.68. The van der Waals surface area contributed by atoms with Gasteiger partial charge in [0.1, 0.15) is 0 Å². The molecule has 4 nitrogen and oxygen atoms in total. The van der Waals surface area contributed by atoms with E-state index in [0.29, 0.717) is 41.5 Å². The molecule has 0 spiro atoms. The largest absolute Gasteiger partial charge is 0.295 e. The van der Waals surface area contributed by atoms with Crippen LogP contribution in [0.25, 0.3) is 0 Å². The van der Waals surface area contributed by atoms with E-state index in [4.69, 9.17) is 11.6 Å². The lowest BCUT2D eigenvalue weighted by Gasteiger charge is -2.51. The first-order chi connectivity index (χ1) is 13.0. The van der Waals surface area contributed by atoms with Crippen molar-refractivity contribution >= 4 is 11.6 Å². The van der Waals surface area contributed by atoms with Crippen LogP contribution in [-0.4, -0.2) is 63.7 Å². The van der Waals surface area contributed by atoms with Crippen molar-refractivity contribution < 1.29 is 0 Å². The van der Waals surface area contributed by atoms with Gasteiger partial charge in [0.2, 0.25) is 0 Å². The van der Waals surface area contributed by atoms with Crippen LogP contribution in [0.15, 0.2) is 0 Å². The molecule has 7 atom stereocenters. The Morgan fingerprint density at radius 2 is 1.50 bits per heavy atom. The number of hydrogen-bond acceptors (Lipinski definition) is 4. The highest BCUT2D eigenvalue weighted by atomic mass is 35.5. The zero-order valence-electron chi connectivity index (χ0n) is 19.2. The predicted octanol–water partition coefficient (Wildman–Crippen LogP) is 4.50. The fraction of sp³-hybridized carbons (Fsp3) is 1.00. The van der Waals surface area contributed by atoms with Crippen molar-refractivity contribution in [1.29, 1.82) is 0 Å². The molecule has 162 valence electrons. The number of nitrogens with zero attached hydrogens (tertiary/aromatic N) is 3. The first-order valence-corrected chi connectivity index (χ1v) is 12.2. The first kappa shape index (κ1) is 21.4. The van der Waals surface area contributed by atoms with Gasteiger partial charge in [-0.3, -0.25) is 9.80 Å². The molecule has 5 heteroatoms. The summed E-state index contributed by atoms with van der Waals surface area (Å²) in [5.74, 6) is 1.28. The van der Waals surface area contributed by atoms with Gasteiger partial charge in [-0.25, -0.2) is 10.4 Å². The average molecular weight is 411 g/mol. The van der Waals surface area contributed by atoms with Crippen molar-refractivity contribution in [2.45, 2.75) is 115 Å². The molecular weight excluding hydrogens is 368 g/mol. The van der Waals surface area contributed by atoms with Gasteiger partial charge >= 0.3 is 0 Å². The third kappa shape index (κ3) is 3.36. The van der Waals surface area contributed by atoms with Crippen LogP contribution in [-0.2, 0) is 0 Å². The molecule has 4 fully saturated rings. The van der Waals surface area contributed by atoms with E-state index in [2.05, 4.69) is 68.8 Å². The summed E-state index contributed by atoms with van der Waals surface area (Å²) in [5, 5.41) is 2.77. The van der Waals surface area contributed by atoms with E-state index in [0.717, 1.165) is 0 Å². The van der Waals surface area contributed by atoms with E-state index in [1.54, 1.807) is 0 Å². The van der Waals surface area contributed by atoms with Crippen LogP contribution in [0, 0.1) is 17.3 Å². The van der Waals surface area contributed by atoms with Crippen molar-refractivity contribution in [1.82, 2.24) is 20.2 Å². The van der Waals surface area contributed by atoms with Crippen molar-refractivity contribution in [2.75, 3.05) is 13.6 Å². The normalized spacial score (nSPS) is 47.4. The van der Waals surface area contributed by atoms with E-state index < -0.39 is 0 Å². The predicted molar refractivity (Wildman–Crippen MR) is 118 cm³/mol. The third-order valence-corrected chi connectivity index (χ3v) is 9.28. The molecule has 2 aliphatic carbocycles. The Bertz CT molecular complexity index is 579. The Balaban J connectivity index is 1.73. The summed E-state index contributed by atoms with van der Waals surface area (Å²) >= 11 is 6.68. The second kappa shape index (κ2) is 7.37. The lowest BCUT2D eigenvalue weighted by atomic mass is 9.75.